The minimum atomic E-state index is -0.618. The Morgan fingerprint density at radius 3 is 2.57 bits per heavy atom. The summed E-state index contributed by atoms with van der Waals surface area (Å²) in [6, 6.07) is 8.77. The van der Waals surface area contributed by atoms with Crippen LogP contribution in [-0.2, 0) is 0 Å². The number of ether oxygens (including phenoxy) is 1. The molecule has 21 heavy (non-hydrogen) atoms. The molecule has 7 heteroatoms. The zero-order chi connectivity index (χ0) is 15.6. The molecule has 0 aliphatic heterocycles. The molecule has 2 aromatic rings. The van der Waals surface area contributed by atoms with E-state index in [0.717, 1.165) is 0 Å². The summed E-state index contributed by atoms with van der Waals surface area (Å²) >= 11 is 11.9. The van der Waals surface area contributed by atoms with Crippen molar-refractivity contribution in [3.8, 4) is 11.5 Å². The summed E-state index contributed by atoms with van der Waals surface area (Å²) < 4.78 is 5.52. The highest BCUT2D eigenvalue weighted by Gasteiger charge is 2.18. The summed E-state index contributed by atoms with van der Waals surface area (Å²) in [5, 5.41) is 11.4. The maximum absolute atomic E-state index is 11.5. The van der Waals surface area contributed by atoms with Crippen molar-refractivity contribution in [1.29, 1.82) is 0 Å². The molecule has 5 nitrogen and oxygen atoms in total. The van der Waals surface area contributed by atoms with Gasteiger partial charge in [-0.25, -0.2) is 0 Å². The molecule has 0 unspecified atom stereocenters. The van der Waals surface area contributed by atoms with Crippen molar-refractivity contribution >= 4 is 34.7 Å². The standard InChI is InChI=1S/C14H9Cl2NO4/c1-8(18)10-7-9(5-6-12(10)17(19)20)21-13-4-2-3-11(15)14(13)16/h2-7H,1H3. The lowest BCUT2D eigenvalue weighted by atomic mass is 10.1. The molecule has 2 rings (SSSR count). The molecular weight excluding hydrogens is 317 g/mol. The molecule has 0 amide bonds. The highest BCUT2D eigenvalue weighted by molar-refractivity contribution is 6.42. The molecule has 0 saturated heterocycles. The van der Waals surface area contributed by atoms with E-state index >= 15 is 0 Å². The van der Waals surface area contributed by atoms with Gasteiger partial charge in [0, 0.05) is 6.07 Å². The number of carbonyl (C=O) groups excluding carboxylic acids is 1. The molecule has 0 fully saturated rings. The minimum Gasteiger partial charge on any atom is -0.456 e. The number of nitro groups is 1. The van der Waals surface area contributed by atoms with Crippen LogP contribution < -0.4 is 4.74 Å². The number of halogens is 2. The van der Waals surface area contributed by atoms with Crippen molar-refractivity contribution in [2.75, 3.05) is 0 Å². The Balaban J connectivity index is 2.42. The molecule has 0 bridgehead atoms. The third kappa shape index (κ3) is 3.32. The first-order chi connectivity index (χ1) is 9.90. The molecule has 0 heterocycles. The highest BCUT2D eigenvalue weighted by Crippen LogP contribution is 2.35. The second-order valence-corrected chi connectivity index (χ2v) is 4.93. The number of benzene rings is 2. The van der Waals surface area contributed by atoms with Crippen LogP contribution in [0.3, 0.4) is 0 Å². The van der Waals surface area contributed by atoms with Gasteiger partial charge < -0.3 is 4.74 Å². The van der Waals surface area contributed by atoms with Gasteiger partial charge in [0.25, 0.3) is 5.69 Å². The number of hydrogen-bond donors (Lipinski definition) is 0. The Hall–Kier alpha value is -2.11. The Morgan fingerprint density at radius 2 is 1.95 bits per heavy atom. The maximum Gasteiger partial charge on any atom is 0.280 e. The largest absolute Gasteiger partial charge is 0.456 e. The second kappa shape index (κ2) is 6.11. The highest BCUT2D eigenvalue weighted by atomic mass is 35.5. The van der Waals surface area contributed by atoms with Gasteiger partial charge in [0.1, 0.15) is 16.5 Å². The maximum atomic E-state index is 11.5. The van der Waals surface area contributed by atoms with Gasteiger partial charge in [0.05, 0.1) is 15.5 Å². The third-order valence-electron chi connectivity index (χ3n) is 2.69. The second-order valence-electron chi connectivity index (χ2n) is 4.15. The van der Waals surface area contributed by atoms with E-state index in [2.05, 4.69) is 0 Å². The fourth-order valence-corrected chi connectivity index (χ4v) is 2.04. The summed E-state index contributed by atoms with van der Waals surface area (Å²) in [5.41, 5.74) is -0.303. The Kier molecular flexibility index (Phi) is 4.45. The molecule has 0 atom stereocenters. The fourth-order valence-electron chi connectivity index (χ4n) is 1.71. The van der Waals surface area contributed by atoms with Crippen molar-refractivity contribution in [3.63, 3.8) is 0 Å². The van der Waals surface area contributed by atoms with Crippen LogP contribution in [0, 0.1) is 10.1 Å². The van der Waals surface area contributed by atoms with E-state index in [4.69, 9.17) is 27.9 Å². The predicted octanol–water partition coefficient (Wildman–Crippen LogP) is 4.90. The predicted molar refractivity (Wildman–Crippen MR) is 79.6 cm³/mol. The molecule has 0 radical (unpaired) electrons. The lowest BCUT2D eigenvalue weighted by Crippen LogP contribution is -2.00. The van der Waals surface area contributed by atoms with E-state index in [1.54, 1.807) is 18.2 Å². The number of nitrogens with zero attached hydrogens (tertiary/aromatic N) is 1. The van der Waals surface area contributed by atoms with Crippen LogP contribution in [0.25, 0.3) is 0 Å². The van der Waals surface area contributed by atoms with Crippen LogP contribution in [0.1, 0.15) is 17.3 Å². The van der Waals surface area contributed by atoms with Crippen LogP contribution in [0.5, 0.6) is 11.5 Å². The zero-order valence-corrected chi connectivity index (χ0v) is 12.3. The molecule has 0 N–H and O–H groups in total. The Labute approximate surface area is 130 Å². The van der Waals surface area contributed by atoms with Crippen LogP contribution in [0.4, 0.5) is 5.69 Å². The topological polar surface area (TPSA) is 69.4 Å². The lowest BCUT2D eigenvalue weighted by Gasteiger charge is -2.09. The zero-order valence-electron chi connectivity index (χ0n) is 10.8. The van der Waals surface area contributed by atoms with Gasteiger partial charge in [-0.3, -0.25) is 14.9 Å². The van der Waals surface area contributed by atoms with E-state index in [0.29, 0.717) is 10.8 Å². The quantitative estimate of drug-likeness (QED) is 0.455. The molecule has 2 aromatic carbocycles. The van der Waals surface area contributed by atoms with Gasteiger partial charge in [0.15, 0.2) is 5.78 Å². The molecule has 108 valence electrons. The molecular formula is C14H9Cl2NO4. The van der Waals surface area contributed by atoms with Crippen molar-refractivity contribution in [2.24, 2.45) is 0 Å². The number of Topliss-reactive ketones (excluding diaryl/α,β-unsaturated/α-hetero) is 1. The Bertz CT molecular complexity index is 731. The van der Waals surface area contributed by atoms with Crippen LogP contribution >= 0.6 is 23.2 Å². The van der Waals surface area contributed by atoms with Gasteiger partial charge in [0.2, 0.25) is 0 Å². The number of nitro benzene ring substituents is 1. The summed E-state index contributed by atoms with van der Waals surface area (Å²) in [6.07, 6.45) is 0. The van der Waals surface area contributed by atoms with Crippen molar-refractivity contribution in [1.82, 2.24) is 0 Å². The van der Waals surface area contributed by atoms with Crippen LogP contribution in [0.15, 0.2) is 36.4 Å². The van der Waals surface area contributed by atoms with Gasteiger partial charge in [-0.1, -0.05) is 29.3 Å². The normalized spacial score (nSPS) is 10.2. The van der Waals surface area contributed by atoms with E-state index in [-0.39, 0.29) is 22.0 Å². The first kappa shape index (κ1) is 15.3. The summed E-state index contributed by atoms with van der Waals surface area (Å²) in [4.78, 5) is 21.7. The van der Waals surface area contributed by atoms with E-state index in [1.807, 2.05) is 0 Å². The monoisotopic (exact) mass is 325 g/mol. The average Bonchev–Trinajstić information content (AvgIpc) is 2.43. The molecule has 0 aliphatic carbocycles. The molecule has 0 aromatic heterocycles. The van der Waals surface area contributed by atoms with Crippen molar-refractivity contribution < 1.29 is 14.5 Å². The first-order valence-corrected chi connectivity index (χ1v) is 6.57. The van der Waals surface area contributed by atoms with Gasteiger partial charge in [-0.15, -0.1) is 0 Å². The van der Waals surface area contributed by atoms with Gasteiger partial charge in [-0.05, 0) is 31.2 Å². The number of carbonyl (C=O) groups is 1. The molecule has 0 spiro atoms. The van der Waals surface area contributed by atoms with Gasteiger partial charge >= 0.3 is 0 Å². The first-order valence-electron chi connectivity index (χ1n) is 5.81. The van der Waals surface area contributed by atoms with E-state index in [1.165, 1.54) is 25.1 Å². The molecule has 0 aliphatic rings. The van der Waals surface area contributed by atoms with Crippen molar-refractivity contribution in [3.05, 3.63) is 62.1 Å². The number of rotatable bonds is 4. The lowest BCUT2D eigenvalue weighted by molar-refractivity contribution is -0.385. The van der Waals surface area contributed by atoms with Crippen molar-refractivity contribution in [2.45, 2.75) is 6.92 Å². The third-order valence-corrected chi connectivity index (χ3v) is 3.49. The van der Waals surface area contributed by atoms with E-state index < -0.39 is 10.7 Å². The minimum absolute atomic E-state index is 0.0318. The summed E-state index contributed by atoms with van der Waals surface area (Å²) in [7, 11) is 0. The Morgan fingerprint density at radius 1 is 1.24 bits per heavy atom. The van der Waals surface area contributed by atoms with E-state index in [9.17, 15) is 14.9 Å². The van der Waals surface area contributed by atoms with Crippen LogP contribution in [0.2, 0.25) is 10.0 Å². The smallest absolute Gasteiger partial charge is 0.280 e. The molecule has 0 saturated carbocycles. The van der Waals surface area contributed by atoms with Crippen LogP contribution in [-0.4, -0.2) is 10.7 Å². The summed E-state index contributed by atoms with van der Waals surface area (Å²) in [5.74, 6) is 0.131. The van der Waals surface area contributed by atoms with Gasteiger partial charge in [-0.2, -0.15) is 0 Å². The SMILES string of the molecule is CC(=O)c1cc(Oc2cccc(Cl)c2Cl)ccc1[N+](=O)[O-]. The average molecular weight is 326 g/mol. The summed E-state index contributed by atoms with van der Waals surface area (Å²) in [6.45, 7) is 1.25. The number of ketones is 1. The fraction of sp³-hybridized carbons (Fsp3) is 0.0714. The number of hydrogen-bond acceptors (Lipinski definition) is 4.